The highest BCUT2D eigenvalue weighted by Crippen LogP contribution is 2.56. The van der Waals surface area contributed by atoms with E-state index in [9.17, 15) is 14.7 Å². The first-order valence-electron chi connectivity index (χ1n) is 11.6. The Morgan fingerprint density at radius 1 is 1.03 bits per heavy atom. The first-order valence-corrected chi connectivity index (χ1v) is 11.6. The first kappa shape index (κ1) is 23.1. The molecule has 0 aromatic heterocycles. The van der Waals surface area contributed by atoms with Crippen molar-refractivity contribution in [1.82, 2.24) is 0 Å². The predicted molar refractivity (Wildman–Crippen MR) is 122 cm³/mol. The van der Waals surface area contributed by atoms with Gasteiger partial charge in [0.25, 0.3) is 0 Å². The number of carbonyl (C=O) groups excluding carboxylic acids is 2. The summed E-state index contributed by atoms with van der Waals surface area (Å²) in [5.41, 5.74) is 2.19. The SMILES string of the molecule is COc1cc([C@@H]2c3cc4c(cc3[C@H](OC(=O)CC(C)C)C3COC(=O)C32)OCO4)cc(OC)c1O. The van der Waals surface area contributed by atoms with Crippen LogP contribution in [0, 0.1) is 17.8 Å². The minimum Gasteiger partial charge on any atom is -0.502 e. The maximum Gasteiger partial charge on any atom is 0.310 e. The van der Waals surface area contributed by atoms with Crippen molar-refractivity contribution in [2.45, 2.75) is 32.3 Å². The highest BCUT2D eigenvalue weighted by molar-refractivity contribution is 5.79. The van der Waals surface area contributed by atoms with Crippen LogP contribution in [0.15, 0.2) is 24.3 Å². The van der Waals surface area contributed by atoms with Crippen LogP contribution >= 0.6 is 0 Å². The third-order valence-corrected chi connectivity index (χ3v) is 6.81. The summed E-state index contributed by atoms with van der Waals surface area (Å²) in [7, 11) is 2.89. The maximum atomic E-state index is 13.1. The van der Waals surface area contributed by atoms with Gasteiger partial charge in [-0.15, -0.1) is 0 Å². The number of cyclic esters (lactones) is 1. The minimum absolute atomic E-state index is 0.0798. The average Bonchev–Trinajstić information content (AvgIpc) is 3.44. The van der Waals surface area contributed by atoms with Gasteiger partial charge in [-0.2, -0.15) is 0 Å². The van der Waals surface area contributed by atoms with E-state index in [-0.39, 0.29) is 54.9 Å². The Labute approximate surface area is 202 Å². The quantitative estimate of drug-likeness (QED) is 0.614. The van der Waals surface area contributed by atoms with Crippen molar-refractivity contribution >= 4 is 11.9 Å². The molecule has 1 saturated heterocycles. The number of phenolic OH excluding ortho intramolecular Hbond substituents is 1. The number of phenols is 1. The normalized spacial score (nSPS) is 24.0. The molecule has 3 aliphatic rings. The second-order valence-corrected chi connectivity index (χ2v) is 9.41. The van der Waals surface area contributed by atoms with Crippen molar-refractivity contribution in [1.29, 1.82) is 0 Å². The van der Waals surface area contributed by atoms with E-state index in [0.29, 0.717) is 17.1 Å². The standard InChI is InChI=1S/C26H28O9/c1-12(2)5-21(27)35-25-15-9-18-17(33-11-34-18)8-14(15)22(23-16(25)10-32-26(23)29)13-6-19(30-3)24(28)20(7-13)31-4/h6-9,12,16,22-23,25,28H,5,10-11H2,1-4H3/t16?,22-,23?,25+/m1/s1. The molecule has 5 rings (SSSR count). The molecule has 0 bridgehead atoms. The van der Waals surface area contributed by atoms with Crippen LogP contribution < -0.4 is 18.9 Å². The van der Waals surface area contributed by atoms with E-state index in [1.165, 1.54) is 14.2 Å². The van der Waals surface area contributed by atoms with E-state index in [4.69, 9.17) is 28.4 Å². The summed E-state index contributed by atoms with van der Waals surface area (Å²) in [6, 6.07) is 7.03. The van der Waals surface area contributed by atoms with Crippen LogP contribution in [0.5, 0.6) is 28.7 Å². The van der Waals surface area contributed by atoms with Crippen molar-refractivity contribution in [3.05, 3.63) is 41.0 Å². The summed E-state index contributed by atoms with van der Waals surface area (Å²) in [6.07, 6.45) is -0.419. The van der Waals surface area contributed by atoms with Gasteiger partial charge in [0.2, 0.25) is 12.5 Å². The zero-order valence-corrected chi connectivity index (χ0v) is 20.0. The molecular weight excluding hydrogens is 456 g/mol. The highest BCUT2D eigenvalue weighted by Gasteiger charge is 2.54. The molecule has 2 aromatic carbocycles. The van der Waals surface area contributed by atoms with Crippen LogP contribution in [-0.2, 0) is 19.1 Å². The van der Waals surface area contributed by atoms with Gasteiger partial charge in [0, 0.05) is 23.8 Å². The third kappa shape index (κ3) is 3.88. The van der Waals surface area contributed by atoms with Crippen LogP contribution in [0.25, 0.3) is 0 Å². The summed E-state index contributed by atoms with van der Waals surface area (Å²) >= 11 is 0. The summed E-state index contributed by atoms with van der Waals surface area (Å²) in [6.45, 7) is 4.10. The molecule has 9 heteroatoms. The molecule has 2 unspecified atom stereocenters. The van der Waals surface area contributed by atoms with Crippen molar-refractivity contribution in [2.24, 2.45) is 17.8 Å². The number of rotatable bonds is 6. The van der Waals surface area contributed by atoms with Crippen molar-refractivity contribution < 1.29 is 43.1 Å². The van der Waals surface area contributed by atoms with Gasteiger partial charge in [-0.1, -0.05) is 13.8 Å². The lowest BCUT2D eigenvalue weighted by Gasteiger charge is -2.38. The molecule has 2 aliphatic heterocycles. The Bertz CT molecular complexity index is 1150. The van der Waals surface area contributed by atoms with Crippen LogP contribution in [0.2, 0.25) is 0 Å². The summed E-state index contributed by atoms with van der Waals surface area (Å²) in [5, 5.41) is 10.5. The number of hydrogen-bond acceptors (Lipinski definition) is 9. The molecule has 0 spiro atoms. The fourth-order valence-electron chi connectivity index (χ4n) is 5.28. The van der Waals surface area contributed by atoms with Gasteiger partial charge >= 0.3 is 11.9 Å². The molecule has 0 saturated carbocycles. The number of benzene rings is 2. The Hall–Kier alpha value is -3.62. The molecule has 2 aromatic rings. The van der Waals surface area contributed by atoms with Gasteiger partial charge < -0.3 is 33.5 Å². The molecule has 1 aliphatic carbocycles. The average molecular weight is 485 g/mol. The van der Waals surface area contributed by atoms with E-state index in [2.05, 4.69) is 0 Å². The van der Waals surface area contributed by atoms with Crippen LogP contribution in [0.1, 0.15) is 49.0 Å². The van der Waals surface area contributed by atoms with Crippen LogP contribution in [0.4, 0.5) is 0 Å². The second kappa shape index (κ2) is 8.87. The topological polar surface area (TPSA) is 110 Å². The molecule has 35 heavy (non-hydrogen) atoms. The van der Waals surface area contributed by atoms with Crippen molar-refractivity contribution in [2.75, 3.05) is 27.6 Å². The zero-order chi connectivity index (χ0) is 24.9. The maximum absolute atomic E-state index is 13.1. The summed E-state index contributed by atoms with van der Waals surface area (Å²) < 4.78 is 33.5. The fourth-order valence-corrected chi connectivity index (χ4v) is 5.28. The van der Waals surface area contributed by atoms with Crippen molar-refractivity contribution in [3.63, 3.8) is 0 Å². The smallest absolute Gasteiger partial charge is 0.310 e. The number of ether oxygens (including phenoxy) is 6. The molecule has 1 fully saturated rings. The van der Waals surface area contributed by atoms with E-state index in [0.717, 1.165) is 11.1 Å². The van der Waals surface area contributed by atoms with E-state index in [1.807, 2.05) is 26.0 Å². The minimum atomic E-state index is -0.681. The Kier molecular flexibility index (Phi) is 5.86. The molecule has 9 nitrogen and oxygen atoms in total. The van der Waals surface area contributed by atoms with E-state index < -0.39 is 23.9 Å². The first-order chi connectivity index (χ1) is 16.8. The highest BCUT2D eigenvalue weighted by atomic mass is 16.7. The number of esters is 2. The molecular formula is C26H28O9. The van der Waals surface area contributed by atoms with E-state index >= 15 is 0 Å². The lowest BCUT2D eigenvalue weighted by molar-refractivity contribution is -0.155. The molecule has 0 amide bonds. The Balaban J connectivity index is 1.69. The fraction of sp³-hybridized carbons (Fsp3) is 0.462. The van der Waals surface area contributed by atoms with E-state index in [1.54, 1.807) is 12.1 Å². The Morgan fingerprint density at radius 2 is 1.66 bits per heavy atom. The lowest BCUT2D eigenvalue weighted by atomic mass is 9.66. The van der Waals surface area contributed by atoms with Gasteiger partial charge in [0.15, 0.2) is 23.0 Å². The van der Waals surface area contributed by atoms with Gasteiger partial charge in [-0.05, 0) is 41.3 Å². The lowest BCUT2D eigenvalue weighted by Crippen LogP contribution is -2.36. The number of hydrogen-bond donors (Lipinski definition) is 1. The van der Waals surface area contributed by atoms with Gasteiger partial charge in [-0.25, -0.2) is 0 Å². The van der Waals surface area contributed by atoms with Gasteiger partial charge in [-0.3, -0.25) is 9.59 Å². The number of aromatic hydroxyl groups is 1. The number of methoxy groups -OCH3 is 2. The number of carbonyl (C=O) groups is 2. The van der Waals surface area contributed by atoms with Gasteiger partial charge in [0.1, 0.15) is 6.10 Å². The molecule has 4 atom stereocenters. The Morgan fingerprint density at radius 3 is 2.26 bits per heavy atom. The zero-order valence-electron chi connectivity index (χ0n) is 20.0. The summed E-state index contributed by atoms with van der Waals surface area (Å²) in [5.74, 6) is -0.692. The third-order valence-electron chi connectivity index (χ3n) is 6.81. The molecule has 2 heterocycles. The molecule has 1 N–H and O–H groups in total. The van der Waals surface area contributed by atoms with Crippen LogP contribution in [0.3, 0.4) is 0 Å². The molecule has 186 valence electrons. The second-order valence-electron chi connectivity index (χ2n) is 9.41. The number of fused-ring (bicyclic) bond motifs is 3. The summed E-state index contributed by atoms with van der Waals surface area (Å²) in [4.78, 5) is 25.8. The van der Waals surface area contributed by atoms with Crippen LogP contribution in [-0.4, -0.2) is 44.7 Å². The largest absolute Gasteiger partial charge is 0.502 e. The van der Waals surface area contributed by atoms with Gasteiger partial charge in [0.05, 0.1) is 26.7 Å². The predicted octanol–water partition coefficient (Wildman–Crippen LogP) is 3.70. The monoisotopic (exact) mass is 484 g/mol. The van der Waals surface area contributed by atoms with Crippen molar-refractivity contribution in [3.8, 4) is 28.7 Å². The molecule has 0 radical (unpaired) electrons.